The topological polar surface area (TPSA) is 126 Å². The zero-order chi connectivity index (χ0) is 17.6. The Balaban J connectivity index is 1.44. The quantitative estimate of drug-likeness (QED) is 0.611. The van der Waals surface area contributed by atoms with Crippen LogP contribution in [0.5, 0.6) is 0 Å². The van der Waals surface area contributed by atoms with E-state index in [0.717, 1.165) is 42.2 Å². The predicted octanol–water partition coefficient (Wildman–Crippen LogP) is 0.483. The summed E-state index contributed by atoms with van der Waals surface area (Å²) in [5.74, 6) is 3.40. The number of H-pyrrole nitrogens is 1. The molecule has 0 aliphatic heterocycles. The molecule has 10 nitrogen and oxygen atoms in total. The second kappa shape index (κ2) is 5.96. The molecule has 1 aliphatic rings. The number of rotatable bonds is 5. The van der Waals surface area contributed by atoms with Gasteiger partial charge in [0.2, 0.25) is 5.95 Å². The lowest BCUT2D eigenvalue weighted by molar-refractivity contribution is 0.347. The van der Waals surface area contributed by atoms with E-state index in [4.69, 9.17) is 5.73 Å². The van der Waals surface area contributed by atoms with Gasteiger partial charge in [-0.25, -0.2) is 0 Å². The fourth-order valence-electron chi connectivity index (χ4n) is 3.25. The average Bonchev–Trinajstić information content (AvgIpc) is 3.10. The molecule has 25 heavy (non-hydrogen) atoms. The van der Waals surface area contributed by atoms with Crippen LogP contribution in [0, 0.1) is 0 Å². The van der Waals surface area contributed by atoms with Crippen LogP contribution in [0.3, 0.4) is 0 Å². The second-order valence-electron chi connectivity index (χ2n) is 6.84. The third-order valence-electron chi connectivity index (χ3n) is 4.63. The summed E-state index contributed by atoms with van der Waals surface area (Å²) in [6, 6.07) is 0.325. The van der Waals surface area contributed by atoms with Gasteiger partial charge in [-0.05, 0) is 26.9 Å². The van der Waals surface area contributed by atoms with Crippen molar-refractivity contribution in [3.05, 3.63) is 17.8 Å². The molecule has 0 bridgehead atoms. The zero-order valence-corrected chi connectivity index (χ0v) is 14.6. The van der Waals surface area contributed by atoms with E-state index in [2.05, 4.69) is 45.1 Å². The molecule has 0 spiro atoms. The van der Waals surface area contributed by atoms with Crippen LogP contribution in [0.15, 0.2) is 6.20 Å². The van der Waals surface area contributed by atoms with Crippen molar-refractivity contribution in [3.8, 4) is 0 Å². The highest BCUT2D eigenvalue weighted by Gasteiger charge is 2.34. The molecule has 10 heteroatoms. The van der Waals surface area contributed by atoms with Gasteiger partial charge in [-0.1, -0.05) is 0 Å². The van der Waals surface area contributed by atoms with Crippen molar-refractivity contribution in [2.45, 2.75) is 31.3 Å². The van der Waals surface area contributed by atoms with Gasteiger partial charge in [0.05, 0.1) is 18.1 Å². The number of aromatic amines is 1. The Hall–Kier alpha value is -2.75. The summed E-state index contributed by atoms with van der Waals surface area (Å²) in [6.45, 7) is 0.788. The first-order chi connectivity index (χ1) is 12.0. The van der Waals surface area contributed by atoms with Crippen LogP contribution in [0.2, 0.25) is 0 Å². The number of hydrogen-bond acceptors (Lipinski definition) is 8. The second-order valence-corrected chi connectivity index (χ2v) is 6.84. The van der Waals surface area contributed by atoms with Crippen molar-refractivity contribution < 1.29 is 0 Å². The molecule has 4 N–H and O–H groups in total. The molecular formula is C15H22N10. The van der Waals surface area contributed by atoms with Crippen LogP contribution in [0.4, 0.5) is 11.8 Å². The highest BCUT2D eigenvalue weighted by molar-refractivity contribution is 5.86. The highest BCUT2D eigenvalue weighted by Crippen LogP contribution is 2.38. The van der Waals surface area contributed by atoms with Gasteiger partial charge < -0.3 is 20.5 Å². The van der Waals surface area contributed by atoms with Crippen LogP contribution in [-0.4, -0.2) is 60.0 Å². The lowest BCUT2D eigenvalue weighted by Crippen LogP contribution is -2.35. The molecule has 0 unspecified atom stereocenters. The van der Waals surface area contributed by atoms with E-state index in [9.17, 15) is 0 Å². The van der Waals surface area contributed by atoms with Gasteiger partial charge in [-0.2, -0.15) is 15.1 Å². The van der Waals surface area contributed by atoms with E-state index in [1.165, 1.54) is 0 Å². The fourth-order valence-corrected chi connectivity index (χ4v) is 3.25. The van der Waals surface area contributed by atoms with E-state index < -0.39 is 0 Å². The Morgan fingerprint density at radius 2 is 2.12 bits per heavy atom. The van der Waals surface area contributed by atoms with Crippen molar-refractivity contribution in [3.63, 3.8) is 0 Å². The summed E-state index contributed by atoms with van der Waals surface area (Å²) >= 11 is 0. The molecule has 0 aromatic carbocycles. The molecule has 3 aromatic rings. The highest BCUT2D eigenvalue weighted by atomic mass is 15.3. The SMILES string of the molecule is CN(C)Cc1nnc(C2CC(Nc3nc(N)nc4[nH]ncc34)C2)n1C. The molecule has 3 heterocycles. The van der Waals surface area contributed by atoms with Crippen LogP contribution < -0.4 is 11.1 Å². The maximum atomic E-state index is 5.76. The summed E-state index contributed by atoms with van der Waals surface area (Å²) in [6.07, 6.45) is 3.68. The maximum absolute atomic E-state index is 5.76. The minimum Gasteiger partial charge on any atom is -0.368 e. The number of anilines is 2. The fraction of sp³-hybridized carbons (Fsp3) is 0.533. The number of fused-ring (bicyclic) bond motifs is 1. The molecule has 0 saturated heterocycles. The summed E-state index contributed by atoms with van der Waals surface area (Å²) in [7, 11) is 6.10. The molecular weight excluding hydrogens is 320 g/mol. The number of nitrogens with two attached hydrogens (primary N) is 1. The Kier molecular flexibility index (Phi) is 3.75. The number of nitrogens with one attached hydrogen (secondary N) is 2. The standard InChI is InChI=1S/C15H22N10/c1-24(2)7-11-21-23-14(25(11)3)8-4-9(5-8)18-12-10-6-17-22-13(10)20-15(16)19-12/h6,8-9H,4-5,7H2,1-3H3,(H4,16,17,18,19,20,22). The van der Waals surface area contributed by atoms with Crippen molar-refractivity contribution in [2.24, 2.45) is 7.05 Å². The van der Waals surface area contributed by atoms with E-state index >= 15 is 0 Å². The molecule has 0 atom stereocenters. The minimum absolute atomic E-state index is 0.233. The van der Waals surface area contributed by atoms with Crippen LogP contribution in [0.1, 0.15) is 30.4 Å². The van der Waals surface area contributed by atoms with Gasteiger partial charge in [0.15, 0.2) is 5.65 Å². The van der Waals surface area contributed by atoms with Crippen molar-refractivity contribution in [1.82, 2.24) is 39.8 Å². The van der Waals surface area contributed by atoms with Gasteiger partial charge in [0.1, 0.15) is 17.5 Å². The summed E-state index contributed by atoms with van der Waals surface area (Å²) in [5.41, 5.74) is 6.41. The van der Waals surface area contributed by atoms with Crippen molar-refractivity contribution >= 4 is 22.8 Å². The first-order valence-corrected chi connectivity index (χ1v) is 8.27. The largest absolute Gasteiger partial charge is 0.368 e. The molecule has 132 valence electrons. The van der Waals surface area contributed by atoms with Gasteiger partial charge in [0, 0.05) is 19.0 Å². The molecule has 0 amide bonds. The van der Waals surface area contributed by atoms with E-state index in [1.807, 2.05) is 21.1 Å². The van der Waals surface area contributed by atoms with E-state index in [0.29, 0.717) is 17.6 Å². The summed E-state index contributed by atoms with van der Waals surface area (Å²) in [4.78, 5) is 10.5. The van der Waals surface area contributed by atoms with Crippen LogP contribution >= 0.6 is 0 Å². The van der Waals surface area contributed by atoms with Gasteiger partial charge in [-0.3, -0.25) is 5.10 Å². The Bertz CT molecular complexity index is 889. The molecule has 4 rings (SSSR count). The minimum atomic E-state index is 0.233. The van der Waals surface area contributed by atoms with Gasteiger partial charge >= 0.3 is 0 Å². The lowest BCUT2D eigenvalue weighted by Gasteiger charge is -2.35. The van der Waals surface area contributed by atoms with Crippen molar-refractivity contribution in [2.75, 3.05) is 25.1 Å². The number of hydrogen-bond donors (Lipinski definition) is 3. The normalized spacial score (nSPS) is 20.2. The van der Waals surface area contributed by atoms with Gasteiger partial charge in [0.25, 0.3) is 0 Å². The van der Waals surface area contributed by atoms with Gasteiger partial charge in [-0.15, -0.1) is 10.2 Å². The first kappa shape index (κ1) is 15.8. The lowest BCUT2D eigenvalue weighted by atomic mass is 9.79. The average molecular weight is 342 g/mol. The third kappa shape index (κ3) is 2.88. The monoisotopic (exact) mass is 342 g/mol. The maximum Gasteiger partial charge on any atom is 0.224 e. The Morgan fingerprint density at radius 3 is 2.88 bits per heavy atom. The van der Waals surface area contributed by atoms with E-state index in [-0.39, 0.29) is 5.95 Å². The first-order valence-electron chi connectivity index (χ1n) is 8.27. The summed E-state index contributed by atoms with van der Waals surface area (Å²) in [5, 5.41) is 19.8. The molecule has 1 fully saturated rings. The predicted molar refractivity (Wildman–Crippen MR) is 93.9 cm³/mol. The van der Waals surface area contributed by atoms with Crippen LogP contribution in [-0.2, 0) is 13.6 Å². The molecule has 1 saturated carbocycles. The summed E-state index contributed by atoms with van der Waals surface area (Å²) < 4.78 is 2.11. The zero-order valence-electron chi connectivity index (χ0n) is 14.6. The molecule has 3 aromatic heterocycles. The van der Waals surface area contributed by atoms with Crippen molar-refractivity contribution in [1.29, 1.82) is 0 Å². The van der Waals surface area contributed by atoms with Crippen LogP contribution in [0.25, 0.3) is 11.0 Å². The Labute approximate surface area is 144 Å². The molecule has 0 radical (unpaired) electrons. The number of nitrogen functional groups attached to an aromatic ring is 1. The van der Waals surface area contributed by atoms with E-state index in [1.54, 1.807) is 6.20 Å². The smallest absolute Gasteiger partial charge is 0.224 e. The Morgan fingerprint density at radius 1 is 1.32 bits per heavy atom. The number of aromatic nitrogens is 7. The third-order valence-corrected chi connectivity index (χ3v) is 4.63. The number of nitrogens with zero attached hydrogens (tertiary/aromatic N) is 7. The molecule has 1 aliphatic carbocycles.